The Kier molecular flexibility index (Phi) is 5.02. The van der Waals surface area contributed by atoms with Crippen molar-refractivity contribution in [3.63, 3.8) is 0 Å². The van der Waals surface area contributed by atoms with E-state index in [-0.39, 0.29) is 17.1 Å². The Morgan fingerprint density at radius 1 is 1.39 bits per heavy atom. The summed E-state index contributed by atoms with van der Waals surface area (Å²) in [5.74, 6) is -0.142. The van der Waals surface area contributed by atoms with Gasteiger partial charge in [-0.2, -0.15) is 0 Å². The Hall–Kier alpha value is -1.98. The highest BCUT2D eigenvalue weighted by atomic mass is 16.2. The van der Waals surface area contributed by atoms with Crippen molar-refractivity contribution in [2.45, 2.75) is 53.5 Å². The highest BCUT2D eigenvalue weighted by Crippen LogP contribution is 2.27. The molecular weight excluding hydrogens is 292 g/mol. The molecule has 1 aromatic rings. The highest BCUT2D eigenvalue weighted by molar-refractivity contribution is 5.88. The molecule has 0 saturated heterocycles. The number of hydrogen-bond acceptors (Lipinski definition) is 4. The molecule has 2 heterocycles. The van der Waals surface area contributed by atoms with E-state index in [1.807, 2.05) is 4.90 Å². The third-order valence-corrected chi connectivity index (χ3v) is 4.00. The minimum atomic E-state index is -0.643. The van der Waals surface area contributed by atoms with Crippen molar-refractivity contribution in [1.29, 1.82) is 0 Å². The van der Waals surface area contributed by atoms with E-state index in [0.29, 0.717) is 31.8 Å². The van der Waals surface area contributed by atoms with Crippen LogP contribution in [0, 0.1) is 11.3 Å². The number of nitrogens with two attached hydrogens (primary N) is 1. The molecule has 0 spiro atoms. The standard InChI is InChI=1S/C17H26N4O2/c1-11(8-17(2,3)4)7-14(22)21-6-5-12-9-19-16(15(18)23)20-13(12)10-21/h9,11H,5-8,10H2,1-4H3,(H2,18,23). The number of nitrogens with zero attached hydrogens (tertiary/aromatic N) is 3. The third-order valence-electron chi connectivity index (χ3n) is 4.00. The predicted molar refractivity (Wildman–Crippen MR) is 87.5 cm³/mol. The maximum Gasteiger partial charge on any atom is 0.286 e. The lowest BCUT2D eigenvalue weighted by Crippen LogP contribution is -2.38. The molecular formula is C17H26N4O2. The molecule has 1 unspecified atom stereocenters. The van der Waals surface area contributed by atoms with Crippen molar-refractivity contribution < 1.29 is 9.59 Å². The molecule has 1 aliphatic rings. The van der Waals surface area contributed by atoms with Crippen LogP contribution in [-0.2, 0) is 17.8 Å². The summed E-state index contributed by atoms with van der Waals surface area (Å²) in [5.41, 5.74) is 7.16. The zero-order valence-electron chi connectivity index (χ0n) is 14.4. The van der Waals surface area contributed by atoms with Gasteiger partial charge < -0.3 is 10.6 Å². The van der Waals surface area contributed by atoms with Gasteiger partial charge >= 0.3 is 0 Å². The van der Waals surface area contributed by atoms with Crippen molar-refractivity contribution >= 4 is 11.8 Å². The average Bonchev–Trinajstić information content (AvgIpc) is 2.43. The van der Waals surface area contributed by atoms with Gasteiger partial charge in [0.1, 0.15) is 0 Å². The second-order valence-corrected chi connectivity index (χ2v) is 7.67. The normalized spacial score (nSPS) is 15.9. The third kappa shape index (κ3) is 4.74. The SMILES string of the molecule is CC(CC(=O)N1CCc2cnc(C(N)=O)nc2C1)CC(C)(C)C. The van der Waals surface area contributed by atoms with E-state index in [2.05, 4.69) is 37.7 Å². The molecule has 6 nitrogen and oxygen atoms in total. The molecule has 0 fully saturated rings. The van der Waals surface area contributed by atoms with Gasteiger partial charge in [-0.3, -0.25) is 9.59 Å². The lowest BCUT2D eigenvalue weighted by atomic mass is 9.84. The molecule has 0 aliphatic carbocycles. The van der Waals surface area contributed by atoms with E-state index in [9.17, 15) is 9.59 Å². The molecule has 0 saturated carbocycles. The van der Waals surface area contributed by atoms with Crippen molar-refractivity contribution in [1.82, 2.24) is 14.9 Å². The average molecular weight is 318 g/mol. The number of amides is 2. The van der Waals surface area contributed by atoms with Gasteiger partial charge in [-0.1, -0.05) is 27.7 Å². The minimum Gasteiger partial charge on any atom is -0.363 e. The Morgan fingerprint density at radius 2 is 2.09 bits per heavy atom. The number of hydrogen-bond donors (Lipinski definition) is 1. The number of carbonyl (C=O) groups is 2. The van der Waals surface area contributed by atoms with Crippen LogP contribution in [0.5, 0.6) is 0 Å². The molecule has 0 aromatic carbocycles. The molecule has 2 amide bonds. The van der Waals surface area contributed by atoms with Crippen LogP contribution in [0.1, 0.15) is 62.4 Å². The predicted octanol–water partition coefficient (Wildman–Crippen LogP) is 1.92. The number of aromatic nitrogens is 2. The van der Waals surface area contributed by atoms with Crippen LogP contribution >= 0.6 is 0 Å². The van der Waals surface area contributed by atoms with E-state index in [4.69, 9.17) is 5.73 Å². The first-order valence-corrected chi connectivity index (χ1v) is 8.08. The monoisotopic (exact) mass is 318 g/mol. The van der Waals surface area contributed by atoms with Gasteiger partial charge in [0, 0.05) is 19.2 Å². The van der Waals surface area contributed by atoms with Gasteiger partial charge in [0.15, 0.2) is 0 Å². The smallest absolute Gasteiger partial charge is 0.286 e. The van der Waals surface area contributed by atoms with Crippen molar-refractivity contribution in [2.24, 2.45) is 17.1 Å². The summed E-state index contributed by atoms with van der Waals surface area (Å²) in [6.07, 6.45) is 3.91. The highest BCUT2D eigenvalue weighted by Gasteiger charge is 2.25. The Labute approximate surface area is 137 Å². The first kappa shape index (κ1) is 17.4. The van der Waals surface area contributed by atoms with Crippen LogP contribution in [0.4, 0.5) is 0 Å². The van der Waals surface area contributed by atoms with Gasteiger partial charge in [-0.25, -0.2) is 9.97 Å². The van der Waals surface area contributed by atoms with Crippen LogP contribution in [0.3, 0.4) is 0 Å². The Bertz CT molecular complexity index is 607. The molecule has 23 heavy (non-hydrogen) atoms. The largest absolute Gasteiger partial charge is 0.363 e. The summed E-state index contributed by atoms with van der Waals surface area (Å²) in [4.78, 5) is 33.7. The second kappa shape index (κ2) is 6.64. The topological polar surface area (TPSA) is 89.2 Å². The van der Waals surface area contributed by atoms with Gasteiger partial charge in [0.25, 0.3) is 5.91 Å². The second-order valence-electron chi connectivity index (χ2n) is 7.67. The maximum atomic E-state index is 12.5. The lowest BCUT2D eigenvalue weighted by molar-refractivity contribution is -0.133. The fraction of sp³-hybridized carbons (Fsp3) is 0.647. The number of fused-ring (bicyclic) bond motifs is 1. The van der Waals surface area contributed by atoms with Crippen LogP contribution in [0.2, 0.25) is 0 Å². The Morgan fingerprint density at radius 3 is 2.70 bits per heavy atom. The summed E-state index contributed by atoms with van der Waals surface area (Å²) in [7, 11) is 0. The zero-order chi connectivity index (χ0) is 17.2. The summed E-state index contributed by atoms with van der Waals surface area (Å²) in [5, 5.41) is 0. The fourth-order valence-electron chi connectivity index (χ4n) is 3.18. The molecule has 126 valence electrons. The van der Waals surface area contributed by atoms with E-state index < -0.39 is 5.91 Å². The first-order valence-electron chi connectivity index (χ1n) is 8.08. The lowest BCUT2D eigenvalue weighted by Gasteiger charge is -2.30. The molecule has 0 radical (unpaired) electrons. The first-order chi connectivity index (χ1) is 10.7. The molecule has 6 heteroatoms. The van der Waals surface area contributed by atoms with E-state index in [0.717, 1.165) is 17.7 Å². The van der Waals surface area contributed by atoms with Crippen molar-refractivity contribution in [3.05, 3.63) is 23.3 Å². The molecule has 1 aromatic heterocycles. The van der Waals surface area contributed by atoms with Crippen molar-refractivity contribution in [3.8, 4) is 0 Å². The van der Waals surface area contributed by atoms with Crippen LogP contribution in [0.25, 0.3) is 0 Å². The van der Waals surface area contributed by atoms with E-state index >= 15 is 0 Å². The fourth-order valence-corrected chi connectivity index (χ4v) is 3.18. The van der Waals surface area contributed by atoms with Crippen LogP contribution < -0.4 is 5.73 Å². The molecule has 0 bridgehead atoms. The maximum absolute atomic E-state index is 12.5. The summed E-state index contributed by atoms with van der Waals surface area (Å²) in [6, 6.07) is 0. The number of carbonyl (C=O) groups excluding carboxylic acids is 2. The van der Waals surface area contributed by atoms with Crippen LogP contribution in [0.15, 0.2) is 6.20 Å². The van der Waals surface area contributed by atoms with E-state index in [1.165, 1.54) is 0 Å². The number of rotatable bonds is 4. The van der Waals surface area contributed by atoms with Gasteiger partial charge in [0.05, 0.1) is 12.2 Å². The quantitative estimate of drug-likeness (QED) is 0.918. The van der Waals surface area contributed by atoms with Gasteiger partial charge in [0.2, 0.25) is 11.7 Å². The van der Waals surface area contributed by atoms with Gasteiger partial charge in [-0.05, 0) is 29.7 Å². The molecule has 1 aliphatic heterocycles. The molecule has 1 atom stereocenters. The van der Waals surface area contributed by atoms with Crippen molar-refractivity contribution in [2.75, 3.05) is 6.54 Å². The van der Waals surface area contributed by atoms with Crippen LogP contribution in [-0.4, -0.2) is 33.2 Å². The summed E-state index contributed by atoms with van der Waals surface area (Å²) >= 11 is 0. The van der Waals surface area contributed by atoms with Gasteiger partial charge in [-0.15, -0.1) is 0 Å². The molecule has 2 N–H and O–H groups in total. The summed E-state index contributed by atoms with van der Waals surface area (Å²) in [6.45, 7) is 9.79. The number of primary amides is 1. The minimum absolute atomic E-state index is 0.0131. The van der Waals surface area contributed by atoms with E-state index in [1.54, 1.807) is 6.20 Å². The Balaban J connectivity index is 2.02. The molecule has 2 rings (SSSR count). The summed E-state index contributed by atoms with van der Waals surface area (Å²) < 4.78 is 0. The zero-order valence-corrected chi connectivity index (χ0v) is 14.4.